The van der Waals surface area contributed by atoms with Crippen LogP contribution in [0.1, 0.15) is 0 Å². The van der Waals surface area contributed by atoms with Crippen LogP contribution in [0.15, 0.2) is 18.2 Å². The van der Waals surface area contributed by atoms with Crippen LogP contribution in [0, 0.1) is 10.2 Å². The summed E-state index contributed by atoms with van der Waals surface area (Å²) >= 11 is -0.183. The molecule has 0 radical (unpaired) electrons. The predicted molar refractivity (Wildman–Crippen MR) is 50.5 cm³/mol. The van der Waals surface area contributed by atoms with Crippen LogP contribution in [0.5, 0.6) is 11.5 Å². The summed E-state index contributed by atoms with van der Waals surface area (Å²) in [6.07, 6.45) is 0. The number of benzene rings is 1. The Morgan fingerprint density at radius 1 is 1.31 bits per heavy atom. The maximum absolute atomic E-state index is 8.56. The summed E-state index contributed by atoms with van der Waals surface area (Å²) in [5.74, 6) is 1.47. The van der Waals surface area contributed by atoms with E-state index in [0.717, 1.165) is 16.0 Å². The van der Waals surface area contributed by atoms with E-state index < -0.39 is 0 Å². The van der Waals surface area contributed by atoms with Gasteiger partial charge in [-0.25, -0.2) is 0 Å². The molecule has 0 amide bonds. The molecule has 0 spiro atoms. The third kappa shape index (κ3) is 2.38. The molecule has 1 aromatic rings. The van der Waals surface area contributed by atoms with Crippen molar-refractivity contribution in [2.24, 2.45) is 0 Å². The van der Waals surface area contributed by atoms with E-state index in [1.54, 1.807) is 20.3 Å². The molecule has 3 nitrogen and oxygen atoms in total. The van der Waals surface area contributed by atoms with E-state index in [2.05, 4.69) is 4.97 Å². The molecule has 68 valence electrons. The van der Waals surface area contributed by atoms with Crippen molar-refractivity contribution in [1.29, 1.82) is 5.26 Å². The van der Waals surface area contributed by atoms with Gasteiger partial charge in [0.25, 0.3) is 0 Å². The molecule has 0 fully saturated rings. The van der Waals surface area contributed by atoms with Gasteiger partial charge < -0.3 is 0 Å². The summed E-state index contributed by atoms with van der Waals surface area (Å²) in [4.78, 5) is 2.14. The normalized spacial score (nSPS) is 9.00. The second kappa shape index (κ2) is 4.76. The molecule has 4 heteroatoms. The van der Waals surface area contributed by atoms with E-state index in [9.17, 15) is 0 Å². The topological polar surface area (TPSA) is 42.2 Å². The van der Waals surface area contributed by atoms with Crippen molar-refractivity contribution in [3.63, 3.8) is 0 Å². The Morgan fingerprint density at radius 3 is 2.62 bits per heavy atom. The van der Waals surface area contributed by atoms with Crippen LogP contribution in [0.4, 0.5) is 0 Å². The van der Waals surface area contributed by atoms with Gasteiger partial charge in [0.1, 0.15) is 0 Å². The van der Waals surface area contributed by atoms with E-state index in [4.69, 9.17) is 14.7 Å². The summed E-state index contributed by atoms with van der Waals surface area (Å²) in [7, 11) is 3.19. The summed E-state index contributed by atoms with van der Waals surface area (Å²) in [6, 6.07) is 5.48. The van der Waals surface area contributed by atoms with Crippen molar-refractivity contribution in [3.05, 3.63) is 18.2 Å². The molecule has 0 heterocycles. The van der Waals surface area contributed by atoms with Crippen molar-refractivity contribution in [2.45, 2.75) is 0 Å². The zero-order valence-corrected chi connectivity index (χ0v) is 9.12. The van der Waals surface area contributed by atoms with Gasteiger partial charge in [-0.3, -0.25) is 0 Å². The standard InChI is InChI=1S/C9H9NO2Se/c1-11-7-3-4-9(13-6-10)8(5-7)12-2/h3-5H,1-2H3. The van der Waals surface area contributed by atoms with Crippen LogP contribution in [-0.4, -0.2) is 29.2 Å². The van der Waals surface area contributed by atoms with Crippen molar-refractivity contribution in [3.8, 4) is 16.5 Å². The van der Waals surface area contributed by atoms with Crippen molar-refractivity contribution in [1.82, 2.24) is 0 Å². The zero-order chi connectivity index (χ0) is 9.68. The molecule has 0 aliphatic carbocycles. The third-order valence-electron chi connectivity index (χ3n) is 1.53. The number of methoxy groups -OCH3 is 2. The van der Waals surface area contributed by atoms with Crippen LogP contribution < -0.4 is 13.9 Å². The Kier molecular flexibility index (Phi) is 3.63. The summed E-state index contributed by atoms with van der Waals surface area (Å²) in [5.41, 5.74) is 0. The molecule has 0 aliphatic rings. The van der Waals surface area contributed by atoms with Gasteiger partial charge in [-0.1, -0.05) is 0 Å². The van der Waals surface area contributed by atoms with E-state index in [-0.39, 0.29) is 15.0 Å². The van der Waals surface area contributed by atoms with Crippen LogP contribution in [0.3, 0.4) is 0 Å². The maximum atomic E-state index is 8.56. The average Bonchev–Trinajstić information content (AvgIpc) is 2.19. The van der Waals surface area contributed by atoms with E-state index in [0.29, 0.717) is 0 Å². The minimum atomic E-state index is -0.183. The van der Waals surface area contributed by atoms with Gasteiger partial charge >= 0.3 is 83.0 Å². The van der Waals surface area contributed by atoms with Gasteiger partial charge in [-0.15, -0.1) is 0 Å². The molecule has 0 saturated carbocycles. The van der Waals surface area contributed by atoms with Crippen molar-refractivity contribution in [2.75, 3.05) is 14.2 Å². The summed E-state index contributed by atoms with van der Waals surface area (Å²) in [6.45, 7) is 0. The molecule has 0 unspecified atom stereocenters. The summed E-state index contributed by atoms with van der Waals surface area (Å²) < 4.78 is 11.1. The predicted octanol–water partition coefficient (Wildman–Crippen LogP) is 0.514. The van der Waals surface area contributed by atoms with Gasteiger partial charge in [0, 0.05) is 0 Å². The molecule has 1 aromatic carbocycles. The van der Waals surface area contributed by atoms with Crippen LogP contribution in [0.2, 0.25) is 0 Å². The fraction of sp³-hybridized carbons (Fsp3) is 0.222. The molecule has 0 bridgehead atoms. The number of rotatable bonds is 3. The molecule has 0 N–H and O–H groups in total. The first-order valence-corrected chi connectivity index (χ1v) is 5.31. The van der Waals surface area contributed by atoms with Crippen molar-refractivity contribution < 1.29 is 9.47 Å². The minimum absolute atomic E-state index is 0.183. The second-order valence-electron chi connectivity index (χ2n) is 2.21. The average molecular weight is 242 g/mol. The molecule has 0 aromatic heterocycles. The number of hydrogen-bond donors (Lipinski definition) is 0. The molecule has 13 heavy (non-hydrogen) atoms. The Balaban J connectivity index is 3.02. The third-order valence-corrected chi connectivity index (χ3v) is 2.89. The second-order valence-corrected chi connectivity index (χ2v) is 3.94. The van der Waals surface area contributed by atoms with Crippen LogP contribution in [-0.2, 0) is 0 Å². The Labute approximate surface area is 83.4 Å². The fourth-order valence-electron chi connectivity index (χ4n) is 0.908. The molecular formula is C9H9NO2Se. The zero-order valence-electron chi connectivity index (χ0n) is 7.40. The summed E-state index contributed by atoms with van der Waals surface area (Å²) in [5, 5.41) is 8.56. The number of hydrogen-bond acceptors (Lipinski definition) is 3. The first-order chi connectivity index (χ1) is 6.31. The first kappa shape index (κ1) is 9.91. The van der Waals surface area contributed by atoms with Gasteiger partial charge in [-0.2, -0.15) is 0 Å². The van der Waals surface area contributed by atoms with Gasteiger partial charge in [0.2, 0.25) is 0 Å². The van der Waals surface area contributed by atoms with E-state index in [1.807, 2.05) is 12.1 Å². The Hall–Kier alpha value is -1.17. The molecule has 1 rings (SSSR count). The van der Waals surface area contributed by atoms with Crippen molar-refractivity contribution >= 4 is 19.4 Å². The molecule has 0 atom stereocenters. The van der Waals surface area contributed by atoms with Gasteiger partial charge in [0.15, 0.2) is 0 Å². The fourth-order valence-corrected chi connectivity index (χ4v) is 1.91. The SMILES string of the molecule is COc1ccc([Se]C#N)c(OC)c1. The number of ether oxygens (including phenoxy) is 2. The van der Waals surface area contributed by atoms with Gasteiger partial charge in [0.05, 0.1) is 0 Å². The van der Waals surface area contributed by atoms with E-state index >= 15 is 0 Å². The van der Waals surface area contributed by atoms with Gasteiger partial charge in [-0.05, 0) is 0 Å². The quantitative estimate of drug-likeness (QED) is 0.725. The Morgan fingerprint density at radius 2 is 2.08 bits per heavy atom. The molecule has 0 saturated heterocycles. The monoisotopic (exact) mass is 243 g/mol. The number of nitriles is 1. The van der Waals surface area contributed by atoms with Crippen LogP contribution in [0.25, 0.3) is 0 Å². The first-order valence-electron chi connectivity index (χ1n) is 3.59. The molecule has 0 aliphatic heterocycles. The number of nitrogens with zero attached hydrogens (tertiary/aromatic N) is 1. The molecular weight excluding hydrogens is 233 g/mol. The van der Waals surface area contributed by atoms with E-state index in [1.165, 1.54) is 0 Å². The Bertz CT molecular complexity index is 333. The van der Waals surface area contributed by atoms with Crippen LogP contribution >= 0.6 is 0 Å².